The van der Waals surface area contributed by atoms with E-state index in [9.17, 15) is 4.79 Å². The normalized spacial score (nSPS) is 23.2. The molecule has 26 heavy (non-hydrogen) atoms. The van der Waals surface area contributed by atoms with E-state index in [2.05, 4.69) is 25.6 Å². The number of carbonyl (C=O) groups is 1. The van der Waals surface area contributed by atoms with Crippen LogP contribution in [0.3, 0.4) is 0 Å². The molecule has 138 valence electrons. The van der Waals surface area contributed by atoms with Crippen LogP contribution in [0.4, 0.5) is 11.5 Å². The largest absolute Gasteiger partial charge is 0.357 e. The molecule has 0 unspecified atom stereocenters. The van der Waals surface area contributed by atoms with Crippen molar-refractivity contribution < 1.29 is 4.79 Å². The number of nitrogens with zero attached hydrogens (tertiary/aromatic N) is 4. The van der Waals surface area contributed by atoms with E-state index in [1.54, 1.807) is 10.9 Å². The molecule has 0 saturated carbocycles. The fourth-order valence-corrected chi connectivity index (χ4v) is 3.94. The molecular weight excluding hydrogens is 328 g/mol. The summed E-state index contributed by atoms with van der Waals surface area (Å²) in [5.41, 5.74) is 1.86. The van der Waals surface area contributed by atoms with Crippen LogP contribution in [0.5, 0.6) is 0 Å². The number of aromatic nitrogens is 3. The third-order valence-electron chi connectivity index (χ3n) is 5.40. The van der Waals surface area contributed by atoms with Crippen molar-refractivity contribution in [2.45, 2.75) is 25.2 Å². The molecule has 4 heterocycles. The van der Waals surface area contributed by atoms with E-state index in [1.165, 1.54) is 19.3 Å². The summed E-state index contributed by atoms with van der Waals surface area (Å²) in [7, 11) is 1.90. The molecule has 2 atom stereocenters. The number of aryl methyl sites for hydroxylation is 1. The van der Waals surface area contributed by atoms with Gasteiger partial charge in [0.25, 0.3) is 0 Å². The molecule has 7 heteroatoms. The maximum atomic E-state index is 12.8. The Kier molecular flexibility index (Phi) is 4.88. The van der Waals surface area contributed by atoms with Crippen LogP contribution in [0.25, 0.3) is 0 Å². The lowest BCUT2D eigenvalue weighted by Gasteiger charge is -2.27. The molecule has 2 saturated heterocycles. The van der Waals surface area contributed by atoms with E-state index >= 15 is 0 Å². The number of piperidine rings is 1. The summed E-state index contributed by atoms with van der Waals surface area (Å²) in [5.74, 6) is 1.10. The van der Waals surface area contributed by atoms with Crippen LogP contribution < -0.4 is 15.5 Å². The van der Waals surface area contributed by atoms with Gasteiger partial charge in [-0.25, -0.2) is 4.98 Å². The van der Waals surface area contributed by atoms with Crippen molar-refractivity contribution in [3.05, 3.63) is 36.3 Å². The van der Waals surface area contributed by atoms with Gasteiger partial charge in [0.1, 0.15) is 5.82 Å². The maximum absolute atomic E-state index is 12.8. The van der Waals surface area contributed by atoms with Gasteiger partial charge >= 0.3 is 0 Å². The number of rotatable bonds is 4. The van der Waals surface area contributed by atoms with E-state index in [4.69, 9.17) is 0 Å². The number of hydrogen-bond acceptors (Lipinski definition) is 5. The van der Waals surface area contributed by atoms with Gasteiger partial charge in [-0.3, -0.25) is 9.48 Å². The second-order valence-corrected chi connectivity index (χ2v) is 7.26. The number of carbonyl (C=O) groups excluding carboxylic acids is 1. The topological polar surface area (TPSA) is 75.1 Å². The zero-order valence-electron chi connectivity index (χ0n) is 15.2. The van der Waals surface area contributed by atoms with Crippen molar-refractivity contribution in [2.24, 2.45) is 13.0 Å². The van der Waals surface area contributed by atoms with Crippen LogP contribution >= 0.6 is 0 Å². The Balaban J connectivity index is 1.40. The van der Waals surface area contributed by atoms with Gasteiger partial charge in [-0.2, -0.15) is 5.10 Å². The summed E-state index contributed by atoms with van der Waals surface area (Å²) < 4.78 is 1.78. The Morgan fingerprint density at radius 3 is 2.73 bits per heavy atom. The summed E-state index contributed by atoms with van der Waals surface area (Å²) in [6.45, 7) is 3.62. The highest BCUT2D eigenvalue weighted by atomic mass is 16.2. The van der Waals surface area contributed by atoms with Gasteiger partial charge in [0.2, 0.25) is 5.91 Å². The second kappa shape index (κ2) is 7.45. The third kappa shape index (κ3) is 3.58. The first-order valence-electron chi connectivity index (χ1n) is 9.42. The van der Waals surface area contributed by atoms with Crippen LogP contribution in [-0.4, -0.2) is 46.9 Å². The molecule has 2 N–H and O–H groups in total. The van der Waals surface area contributed by atoms with Crippen molar-refractivity contribution in [3.8, 4) is 0 Å². The Hall–Kier alpha value is -2.41. The molecule has 7 nitrogen and oxygen atoms in total. The molecule has 0 radical (unpaired) electrons. The Labute approximate surface area is 153 Å². The highest BCUT2D eigenvalue weighted by Crippen LogP contribution is 2.29. The van der Waals surface area contributed by atoms with Gasteiger partial charge < -0.3 is 15.5 Å². The third-order valence-corrected chi connectivity index (χ3v) is 5.40. The minimum atomic E-state index is -0.0963. The first-order valence-corrected chi connectivity index (χ1v) is 9.42. The lowest BCUT2D eigenvalue weighted by atomic mass is 9.90. The van der Waals surface area contributed by atoms with Crippen molar-refractivity contribution in [2.75, 3.05) is 36.4 Å². The average Bonchev–Trinajstić information content (AvgIpc) is 3.32. The predicted octanol–water partition coefficient (Wildman–Crippen LogP) is 1.75. The fraction of sp³-hybridized carbons (Fsp3) is 0.526. The van der Waals surface area contributed by atoms with E-state index in [0.717, 1.165) is 36.7 Å². The molecule has 2 aliphatic rings. The minimum Gasteiger partial charge on any atom is -0.357 e. The molecule has 0 aromatic carbocycles. The number of anilines is 2. The minimum absolute atomic E-state index is 0.0383. The summed E-state index contributed by atoms with van der Waals surface area (Å²) in [4.78, 5) is 19.6. The lowest BCUT2D eigenvalue weighted by molar-refractivity contribution is -0.119. The number of pyridine rings is 1. The fourth-order valence-electron chi connectivity index (χ4n) is 3.94. The van der Waals surface area contributed by atoms with Crippen molar-refractivity contribution in [3.63, 3.8) is 0 Å². The standard InChI is InChI=1S/C19H26N6O/c1-24-13-14(9-22-24)16-11-20-12-17(16)19(26)23-15-5-6-18(21-10-15)25-7-3-2-4-8-25/h5-6,9-10,13,16-17,20H,2-4,7-8,11-12H2,1H3,(H,23,26)/t16-,17+/m1/s1. The van der Waals surface area contributed by atoms with Crippen LogP contribution in [-0.2, 0) is 11.8 Å². The molecule has 2 aliphatic heterocycles. The van der Waals surface area contributed by atoms with Gasteiger partial charge in [0, 0.05) is 45.3 Å². The monoisotopic (exact) mass is 354 g/mol. The van der Waals surface area contributed by atoms with Crippen molar-refractivity contribution >= 4 is 17.4 Å². The number of nitrogens with one attached hydrogen (secondary N) is 2. The smallest absolute Gasteiger partial charge is 0.229 e. The lowest BCUT2D eigenvalue weighted by Crippen LogP contribution is -2.30. The van der Waals surface area contributed by atoms with E-state index in [-0.39, 0.29) is 17.7 Å². The zero-order valence-corrected chi connectivity index (χ0v) is 15.2. The molecule has 4 rings (SSSR count). The van der Waals surface area contributed by atoms with Gasteiger partial charge in [-0.1, -0.05) is 0 Å². The van der Waals surface area contributed by atoms with E-state index in [0.29, 0.717) is 6.54 Å². The highest BCUT2D eigenvalue weighted by Gasteiger charge is 2.34. The van der Waals surface area contributed by atoms with Crippen LogP contribution in [0.1, 0.15) is 30.7 Å². The van der Waals surface area contributed by atoms with E-state index < -0.39 is 0 Å². The molecule has 0 aliphatic carbocycles. The summed E-state index contributed by atoms with van der Waals surface area (Å²) in [6.07, 6.45) is 9.37. The van der Waals surface area contributed by atoms with Gasteiger partial charge in [-0.05, 0) is 37.0 Å². The summed E-state index contributed by atoms with van der Waals surface area (Å²) in [5, 5.41) is 10.6. The Morgan fingerprint density at radius 2 is 2.04 bits per heavy atom. The SMILES string of the molecule is Cn1cc([C@H]2CNC[C@@H]2C(=O)Nc2ccc(N3CCCCC3)nc2)cn1. The molecule has 1 amide bonds. The average molecular weight is 354 g/mol. The first-order chi connectivity index (χ1) is 12.7. The molecule has 0 spiro atoms. The van der Waals surface area contributed by atoms with Gasteiger partial charge in [-0.15, -0.1) is 0 Å². The Bertz CT molecular complexity index is 750. The summed E-state index contributed by atoms with van der Waals surface area (Å²) in [6, 6.07) is 3.96. The number of amides is 1. The van der Waals surface area contributed by atoms with Crippen molar-refractivity contribution in [1.29, 1.82) is 0 Å². The maximum Gasteiger partial charge on any atom is 0.229 e. The first kappa shape index (κ1) is 17.0. The summed E-state index contributed by atoms with van der Waals surface area (Å²) >= 11 is 0. The molecule has 2 fully saturated rings. The molecule has 0 bridgehead atoms. The Morgan fingerprint density at radius 1 is 1.19 bits per heavy atom. The second-order valence-electron chi connectivity index (χ2n) is 7.26. The molecule has 2 aromatic rings. The molecule has 2 aromatic heterocycles. The van der Waals surface area contributed by atoms with E-state index in [1.807, 2.05) is 31.6 Å². The molecular formula is C19H26N6O. The number of hydrogen-bond donors (Lipinski definition) is 2. The van der Waals surface area contributed by atoms with Gasteiger partial charge in [0.05, 0.1) is 24.0 Å². The quantitative estimate of drug-likeness (QED) is 0.875. The highest BCUT2D eigenvalue weighted by molar-refractivity contribution is 5.93. The van der Waals surface area contributed by atoms with Crippen LogP contribution in [0.15, 0.2) is 30.7 Å². The van der Waals surface area contributed by atoms with Crippen LogP contribution in [0, 0.1) is 5.92 Å². The van der Waals surface area contributed by atoms with Crippen molar-refractivity contribution in [1.82, 2.24) is 20.1 Å². The van der Waals surface area contributed by atoms with Crippen LogP contribution in [0.2, 0.25) is 0 Å². The predicted molar refractivity (Wildman–Crippen MR) is 101 cm³/mol. The zero-order chi connectivity index (χ0) is 17.9. The van der Waals surface area contributed by atoms with Gasteiger partial charge in [0.15, 0.2) is 0 Å².